The highest BCUT2D eigenvalue weighted by atomic mass is 19.1. The zero-order valence-corrected chi connectivity index (χ0v) is 9.93. The maximum absolute atomic E-state index is 13.8. The molecule has 0 amide bonds. The molecule has 0 aliphatic carbocycles. The minimum Gasteiger partial charge on any atom is -0.293 e. The fraction of sp³-hybridized carbons (Fsp3) is 0.231. The summed E-state index contributed by atoms with van der Waals surface area (Å²) in [7, 11) is 1.86. The first-order valence-corrected chi connectivity index (χ1v) is 5.70. The molecule has 0 radical (unpaired) electrons. The van der Waals surface area contributed by atoms with Crippen LogP contribution in [0.4, 0.5) is 4.39 Å². The van der Waals surface area contributed by atoms with E-state index >= 15 is 0 Å². The zero-order chi connectivity index (χ0) is 12.7. The van der Waals surface area contributed by atoms with Crippen LogP contribution in [0.3, 0.4) is 0 Å². The quantitative estimate of drug-likeness (QED) is 0.766. The molecule has 0 spiro atoms. The third-order valence-electron chi connectivity index (χ3n) is 3.08. The van der Waals surface area contributed by atoms with Crippen LogP contribution in [0.1, 0.15) is 16.1 Å². The van der Waals surface area contributed by atoms with E-state index in [0.29, 0.717) is 24.3 Å². The zero-order valence-electron chi connectivity index (χ0n) is 9.93. The summed E-state index contributed by atoms with van der Waals surface area (Å²) in [5.41, 5.74) is 1.72. The molecule has 0 fully saturated rings. The van der Waals surface area contributed by atoms with Crippen molar-refractivity contribution in [3.63, 3.8) is 0 Å². The lowest BCUT2D eigenvalue weighted by Crippen LogP contribution is -2.32. The first kappa shape index (κ1) is 11.1. The monoisotopic (exact) mass is 245 g/mol. The van der Waals surface area contributed by atoms with Crippen LogP contribution < -0.4 is 0 Å². The molecule has 5 heteroatoms. The standard InChI is InChI=1S/C13H12FN3O/c1-16-7-12-9(13(18)8-16)6-15-17(12)11-5-3-2-4-10(11)14/h2-6H,7-8H2,1H3. The van der Waals surface area contributed by atoms with Gasteiger partial charge < -0.3 is 0 Å². The Kier molecular flexibility index (Phi) is 2.48. The molecular weight excluding hydrogens is 233 g/mol. The van der Waals surface area contributed by atoms with E-state index in [-0.39, 0.29) is 11.6 Å². The number of carbonyl (C=O) groups excluding carboxylic acids is 1. The Balaban J connectivity index is 2.16. The molecule has 0 saturated carbocycles. The van der Waals surface area contributed by atoms with Gasteiger partial charge in [0.15, 0.2) is 5.78 Å². The van der Waals surface area contributed by atoms with Crippen molar-refractivity contribution >= 4 is 5.78 Å². The van der Waals surface area contributed by atoms with Crippen LogP contribution in [0.5, 0.6) is 0 Å². The highest BCUT2D eigenvalue weighted by molar-refractivity contribution is 5.99. The Morgan fingerprint density at radius 2 is 2.06 bits per heavy atom. The molecule has 2 aromatic rings. The third-order valence-corrected chi connectivity index (χ3v) is 3.08. The molecule has 92 valence electrons. The summed E-state index contributed by atoms with van der Waals surface area (Å²) in [6, 6.07) is 6.42. The number of ketones is 1. The molecule has 1 aliphatic rings. The number of fused-ring (bicyclic) bond motifs is 1. The van der Waals surface area contributed by atoms with Gasteiger partial charge in [-0.2, -0.15) is 5.10 Å². The van der Waals surface area contributed by atoms with Crippen molar-refractivity contribution in [1.82, 2.24) is 14.7 Å². The molecule has 0 saturated heterocycles. The second-order valence-electron chi connectivity index (χ2n) is 4.46. The van der Waals surface area contributed by atoms with Crippen LogP contribution in [0, 0.1) is 5.82 Å². The smallest absolute Gasteiger partial charge is 0.180 e. The summed E-state index contributed by atoms with van der Waals surface area (Å²) in [6.45, 7) is 0.978. The predicted molar refractivity (Wildman–Crippen MR) is 64.2 cm³/mol. The van der Waals surface area contributed by atoms with Gasteiger partial charge in [0.25, 0.3) is 0 Å². The van der Waals surface area contributed by atoms with Crippen LogP contribution in [0.2, 0.25) is 0 Å². The number of halogens is 1. The lowest BCUT2D eigenvalue weighted by atomic mass is 10.1. The largest absolute Gasteiger partial charge is 0.293 e. The number of carbonyl (C=O) groups is 1. The van der Waals surface area contributed by atoms with Gasteiger partial charge in [0.05, 0.1) is 24.0 Å². The van der Waals surface area contributed by atoms with E-state index in [1.807, 2.05) is 11.9 Å². The van der Waals surface area contributed by atoms with E-state index in [1.165, 1.54) is 16.9 Å². The van der Waals surface area contributed by atoms with Crippen molar-refractivity contribution in [1.29, 1.82) is 0 Å². The summed E-state index contributed by atoms with van der Waals surface area (Å²) < 4.78 is 15.3. The van der Waals surface area contributed by atoms with Gasteiger partial charge in [0.1, 0.15) is 11.5 Å². The Morgan fingerprint density at radius 1 is 1.28 bits per heavy atom. The predicted octanol–water partition coefficient (Wildman–Crippen LogP) is 1.64. The average molecular weight is 245 g/mol. The highest BCUT2D eigenvalue weighted by Gasteiger charge is 2.26. The van der Waals surface area contributed by atoms with E-state index < -0.39 is 0 Å². The Labute approximate surface area is 104 Å². The summed E-state index contributed by atoms with van der Waals surface area (Å²) in [5, 5.41) is 4.14. The molecular formula is C13H12FN3O. The van der Waals surface area contributed by atoms with Crippen molar-refractivity contribution in [3.05, 3.63) is 47.5 Å². The van der Waals surface area contributed by atoms with E-state index in [1.54, 1.807) is 18.2 Å². The van der Waals surface area contributed by atoms with Gasteiger partial charge in [-0.05, 0) is 19.2 Å². The van der Waals surface area contributed by atoms with Gasteiger partial charge in [-0.25, -0.2) is 9.07 Å². The highest BCUT2D eigenvalue weighted by Crippen LogP contribution is 2.22. The normalized spacial score (nSPS) is 15.8. The van der Waals surface area contributed by atoms with Crippen molar-refractivity contribution in [2.24, 2.45) is 0 Å². The topological polar surface area (TPSA) is 38.1 Å². The summed E-state index contributed by atoms with van der Waals surface area (Å²) in [5.74, 6) is -0.314. The number of Topliss-reactive ketones (excluding diaryl/α,β-unsaturated/α-hetero) is 1. The van der Waals surface area contributed by atoms with Crippen molar-refractivity contribution in [2.45, 2.75) is 6.54 Å². The average Bonchev–Trinajstić information content (AvgIpc) is 2.73. The first-order chi connectivity index (χ1) is 8.66. The molecule has 0 bridgehead atoms. The van der Waals surface area contributed by atoms with E-state index in [4.69, 9.17) is 0 Å². The summed E-state index contributed by atoms with van der Waals surface area (Å²) in [6.07, 6.45) is 1.52. The maximum Gasteiger partial charge on any atom is 0.180 e. The van der Waals surface area contributed by atoms with Gasteiger partial charge in [0.2, 0.25) is 0 Å². The Bertz CT molecular complexity index is 620. The molecule has 0 atom stereocenters. The van der Waals surface area contributed by atoms with Crippen molar-refractivity contribution in [2.75, 3.05) is 13.6 Å². The Morgan fingerprint density at radius 3 is 2.83 bits per heavy atom. The van der Waals surface area contributed by atoms with Crippen LogP contribution in [-0.2, 0) is 6.54 Å². The number of benzene rings is 1. The van der Waals surface area contributed by atoms with Gasteiger partial charge in [-0.15, -0.1) is 0 Å². The lowest BCUT2D eigenvalue weighted by Gasteiger charge is -2.22. The van der Waals surface area contributed by atoms with Gasteiger partial charge >= 0.3 is 0 Å². The molecule has 0 N–H and O–H groups in total. The molecule has 0 unspecified atom stereocenters. The second kappa shape index (κ2) is 4.03. The molecule has 1 aliphatic heterocycles. The van der Waals surface area contributed by atoms with Gasteiger partial charge in [0, 0.05) is 6.54 Å². The number of aromatic nitrogens is 2. The van der Waals surface area contributed by atoms with E-state index in [9.17, 15) is 9.18 Å². The lowest BCUT2D eigenvalue weighted by molar-refractivity contribution is 0.0921. The second-order valence-corrected chi connectivity index (χ2v) is 4.46. The minimum absolute atomic E-state index is 0.0290. The van der Waals surface area contributed by atoms with Crippen LogP contribution in [0.25, 0.3) is 5.69 Å². The number of hydrogen-bond acceptors (Lipinski definition) is 3. The number of hydrogen-bond donors (Lipinski definition) is 0. The fourth-order valence-corrected chi connectivity index (χ4v) is 2.23. The maximum atomic E-state index is 13.8. The van der Waals surface area contributed by atoms with E-state index in [0.717, 1.165) is 5.69 Å². The molecule has 18 heavy (non-hydrogen) atoms. The number of rotatable bonds is 1. The number of likely N-dealkylation sites (N-methyl/N-ethyl adjacent to an activating group) is 1. The van der Waals surface area contributed by atoms with Crippen molar-refractivity contribution < 1.29 is 9.18 Å². The van der Waals surface area contributed by atoms with Crippen LogP contribution in [-0.4, -0.2) is 34.1 Å². The van der Waals surface area contributed by atoms with Crippen LogP contribution in [0.15, 0.2) is 30.5 Å². The third kappa shape index (κ3) is 1.64. The van der Waals surface area contributed by atoms with Gasteiger partial charge in [-0.1, -0.05) is 12.1 Å². The van der Waals surface area contributed by atoms with Crippen LogP contribution >= 0.6 is 0 Å². The first-order valence-electron chi connectivity index (χ1n) is 5.70. The summed E-state index contributed by atoms with van der Waals surface area (Å²) in [4.78, 5) is 13.7. The van der Waals surface area contributed by atoms with Crippen molar-refractivity contribution in [3.8, 4) is 5.69 Å². The molecule has 2 heterocycles. The van der Waals surface area contributed by atoms with E-state index in [2.05, 4.69) is 5.10 Å². The molecule has 1 aromatic heterocycles. The Hall–Kier alpha value is -2.01. The summed E-state index contributed by atoms with van der Waals surface area (Å²) >= 11 is 0. The van der Waals surface area contributed by atoms with Gasteiger partial charge in [-0.3, -0.25) is 9.69 Å². The molecule has 3 rings (SSSR count). The minimum atomic E-state index is -0.343. The molecule has 4 nitrogen and oxygen atoms in total. The number of para-hydroxylation sites is 1. The molecule has 1 aromatic carbocycles. The number of nitrogens with zero attached hydrogens (tertiary/aromatic N) is 3. The SMILES string of the molecule is CN1CC(=O)c2cnn(-c3ccccc3F)c2C1. The fourth-order valence-electron chi connectivity index (χ4n) is 2.23.